The zero-order chi connectivity index (χ0) is 10.2. The minimum absolute atomic E-state index is 0.0775. The molecule has 78 valence electrons. The first kappa shape index (κ1) is 10.5. The Labute approximate surface area is 92.5 Å². The van der Waals surface area contributed by atoms with Crippen molar-refractivity contribution in [2.24, 2.45) is 10.9 Å². The van der Waals surface area contributed by atoms with E-state index < -0.39 is 9.84 Å². The average Bonchev–Trinajstić information content (AvgIpc) is 2.44. The maximum absolute atomic E-state index is 11.7. The maximum Gasteiger partial charge on any atom is 0.232 e. The fraction of sp³-hybridized carbons (Fsp3) is 0.625. The van der Waals surface area contributed by atoms with E-state index >= 15 is 0 Å². The van der Waals surface area contributed by atoms with E-state index in [1.165, 1.54) is 6.20 Å². The summed E-state index contributed by atoms with van der Waals surface area (Å²) in [6.07, 6.45) is 3.02. The highest BCUT2D eigenvalue weighted by Crippen LogP contribution is 2.31. The van der Waals surface area contributed by atoms with E-state index in [9.17, 15) is 8.42 Å². The van der Waals surface area contributed by atoms with Gasteiger partial charge in [0.25, 0.3) is 0 Å². The van der Waals surface area contributed by atoms with Gasteiger partial charge in [-0.1, -0.05) is 11.6 Å². The predicted molar refractivity (Wildman–Crippen MR) is 60.3 cm³/mol. The van der Waals surface area contributed by atoms with Gasteiger partial charge in [-0.2, -0.15) is 11.8 Å². The second-order valence-corrected chi connectivity index (χ2v) is 7.01. The summed E-state index contributed by atoms with van der Waals surface area (Å²) >= 11 is 7.43. The fourth-order valence-electron chi connectivity index (χ4n) is 1.62. The molecule has 0 aromatic carbocycles. The molecule has 0 atom stereocenters. The molecule has 1 fully saturated rings. The standard InChI is InChI=1S/C8H10ClNO2S2/c9-7-5-10-8(14(7,11)12)6-1-3-13-4-2-6/h5-6H,1-4H2. The molecule has 0 bridgehead atoms. The van der Waals surface area contributed by atoms with Gasteiger partial charge in [0, 0.05) is 5.92 Å². The summed E-state index contributed by atoms with van der Waals surface area (Å²) in [7, 11) is -3.40. The highest BCUT2D eigenvalue weighted by atomic mass is 35.5. The van der Waals surface area contributed by atoms with Gasteiger partial charge in [0.2, 0.25) is 9.84 Å². The Kier molecular flexibility index (Phi) is 2.91. The molecule has 0 radical (unpaired) electrons. The van der Waals surface area contributed by atoms with Crippen LogP contribution in [0.3, 0.4) is 0 Å². The number of halogens is 1. The van der Waals surface area contributed by atoms with E-state index in [4.69, 9.17) is 11.6 Å². The monoisotopic (exact) mass is 251 g/mol. The van der Waals surface area contributed by atoms with E-state index in [2.05, 4.69) is 4.99 Å². The van der Waals surface area contributed by atoms with Crippen molar-refractivity contribution in [3.05, 3.63) is 10.6 Å². The van der Waals surface area contributed by atoms with Gasteiger partial charge in [0.15, 0.2) is 4.36 Å². The Bertz CT molecular complexity index is 394. The van der Waals surface area contributed by atoms with E-state index in [1.54, 1.807) is 0 Å². The molecular weight excluding hydrogens is 242 g/mol. The third-order valence-electron chi connectivity index (χ3n) is 2.40. The lowest BCUT2D eigenvalue weighted by Crippen LogP contribution is -2.25. The molecule has 0 saturated carbocycles. The van der Waals surface area contributed by atoms with Crippen molar-refractivity contribution in [1.82, 2.24) is 0 Å². The molecule has 6 heteroatoms. The Balaban J connectivity index is 2.22. The van der Waals surface area contributed by atoms with Crippen LogP contribution in [0.2, 0.25) is 0 Å². The first-order chi connectivity index (χ1) is 6.62. The normalized spacial score (nSPS) is 27.2. The van der Waals surface area contributed by atoms with E-state index in [1.807, 2.05) is 11.8 Å². The van der Waals surface area contributed by atoms with E-state index in [-0.39, 0.29) is 15.3 Å². The van der Waals surface area contributed by atoms with Crippen LogP contribution in [0, 0.1) is 5.92 Å². The summed E-state index contributed by atoms with van der Waals surface area (Å²) in [5.74, 6) is 2.10. The third kappa shape index (κ3) is 1.73. The lowest BCUT2D eigenvalue weighted by molar-refractivity contribution is 0.603. The lowest BCUT2D eigenvalue weighted by Gasteiger charge is -2.20. The number of aliphatic imine (C=N–C) groups is 1. The van der Waals surface area contributed by atoms with Crippen molar-refractivity contribution in [2.75, 3.05) is 11.5 Å². The zero-order valence-corrected chi connectivity index (χ0v) is 9.83. The summed E-state index contributed by atoms with van der Waals surface area (Å²) < 4.78 is 23.2. The highest BCUT2D eigenvalue weighted by Gasteiger charge is 2.34. The van der Waals surface area contributed by atoms with Gasteiger partial charge < -0.3 is 0 Å². The van der Waals surface area contributed by atoms with Gasteiger partial charge in [0.1, 0.15) is 5.04 Å². The summed E-state index contributed by atoms with van der Waals surface area (Å²) in [5.41, 5.74) is 0. The molecule has 2 heterocycles. The molecule has 14 heavy (non-hydrogen) atoms. The largest absolute Gasteiger partial charge is 0.246 e. The van der Waals surface area contributed by atoms with Gasteiger partial charge in [-0.15, -0.1) is 0 Å². The number of hydrogen-bond acceptors (Lipinski definition) is 4. The molecule has 3 nitrogen and oxygen atoms in total. The fourth-order valence-corrected chi connectivity index (χ4v) is 4.27. The van der Waals surface area contributed by atoms with Crippen molar-refractivity contribution in [3.8, 4) is 0 Å². The molecular formula is C8H10ClNO2S2. The molecule has 0 aliphatic carbocycles. The van der Waals surface area contributed by atoms with E-state index in [0.29, 0.717) is 0 Å². The Morgan fingerprint density at radius 2 is 2.07 bits per heavy atom. The van der Waals surface area contributed by atoms with Crippen LogP contribution in [0.4, 0.5) is 0 Å². The van der Waals surface area contributed by atoms with Gasteiger partial charge in [-0.3, -0.25) is 0 Å². The van der Waals surface area contributed by atoms with Crippen molar-refractivity contribution in [2.45, 2.75) is 12.8 Å². The zero-order valence-electron chi connectivity index (χ0n) is 7.44. The van der Waals surface area contributed by atoms with Crippen LogP contribution in [0.25, 0.3) is 0 Å². The number of sulfone groups is 1. The van der Waals surface area contributed by atoms with Crippen LogP contribution in [-0.2, 0) is 9.84 Å². The molecule has 2 aliphatic rings. The average molecular weight is 252 g/mol. The van der Waals surface area contributed by atoms with Gasteiger partial charge in [-0.25, -0.2) is 13.4 Å². The van der Waals surface area contributed by atoms with Crippen molar-refractivity contribution in [1.29, 1.82) is 0 Å². The molecule has 0 unspecified atom stereocenters. The van der Waals surface area contributed by atoms with Crippen LogP contribution in [0.1, 0.15) is 12.8 Å². The quantitative estimate of drug-likeness (QED) is 0.716. The number of nitrogens with zero attached hydrogens (tertiary/aromatic N) is 1. The Hall–Kier alpha value is -0.000000000000000111. The molecule has 0 N–H and O–H groups in total. The summed E-state index contributed by atoms with van der Waals surface area (Å²) in [6.45, 7) is 0. The molecule has 0 amide bonds. The van der Waals surface area contributed by atoms with Gasteiger partial charge >= 0.3 is 0 Å². The molecule has 0 aromatic heterocycles. The van der Waals surface area contributed by atoms with Crippen molar-refractivity contribution < 1.29 is 8.42 Å². The predicted octanol–water partition coefficient (Wildman–Crippen LogP) is 1.99. The summed E-state index contributed by atoms with van der Waals surface area (Å²) in [5, 5.41) is 0.280. The van der Waals surface area contributed by atoms with Crippen LogP contribution < -0.4 is 0 Å². The van der Waals surface area contributed by atoms with Crippen LogP contribution in [-0.4, -0.2) is 25.0 Å². The Morgan fingerprint density at radius 3 is 2.57 bits per heavy atom. The SMILES string of the molecule is O=S1(=O)C(Cl)=CN=C1C1CCSCC1. The highest BCUT2D eigenvalue weighted by molar-refractivity contribution is 8.11. The minimum Gasteiger partial charge on any atom is -0.246 e. The summed E-state index contributed by atoms with van der Waals surface area (Å²) in [4.78, 5) is 3.92. The molecule has 0 aromatic rings. The summed E-state index contributed by atoms with van der Waals surface area (Å²) in [6, 6.07) is 0. The third-order valence-corrected chi connectivity index (χ3v) is 5.76. The topological polar surface area (TPSA) is 46.5 Å². The van der Waals surface area contributed by atoms with Crippen molar-refractivity contribution in [3.63, 3.8) is 0 Å². The second kappa shape index (κ2) is 3.87. The van der Waals surface area contributed by atoms with Crippen LogP contribution in [0.15, 0.2) is 15.6 Å². The number of hydrogen-bond donors (Lipinski definition) is 0. The Morgan fingerprint density at radius 1 is 1.43 bits per heavy atom. The van der Waals surface area contributed by atoms with E-state index in [0.717, 1.165) is 24.3 Å². The van der Waals surface area contributed by atoms with Crippen molar-refractivity contribution >= 4 is 38.2 Å². The van der Waals surface area contributed by atoms with Gasteiger partial charge in [0.05, 0.1) is 6.20 Å². The number of rotatable bonds is 1. The maximum atomic E-state index is 11.7. The minimum atomic E-state index is -3.40. The van der Waals surface area contributed by atoms with Crippen LogP contribution in [0.5, 0.6) is 0 Å². The smallest absolute Gasteiger partial charge is 0.232 e. The molecule has 0 spiro atoms. The lowest BCUT2D eigenvalue weighted by atomic mass is 10.0. The van der Waals surface area contributed by atoms with Gasteiger partial charge in [-0.05, 0) is 24.3 Å². The second-order valence-electron chi connectivity index (χ2n) is 3.29. The molecule has 2 rings (SSSR count). The molecule has 1 saturated heterocycles. The first-order valence-corrected chi connectivity index (χ1v) is 7.40. The molecule has 2 aliphatic heterocycles. The first-order valence-electron chi connectivity index (χ1n) is 4.38. The van der Waals surface area contributed by atoms with Crippen LogP contribution >= 0.6 is 23.4 Å². The number of thioether (sulfide) groups is 1.